The van der Waals surface area contributed by atoms with Gasteiger partial charge >= 0.3 is 0 Å². The minimum absolute atomic E-state index is 0.327. The number of nitrogens with zero attached hydrogens (tertiary/aromatic N) is 1. The summed E-state index contributed by atoms with van der Waals surface area (Å²) in [6.45, 7) is 8.03. The number of nitrogens with one attached hydrogen (secondary N) is 1. The van der Waals surface area contributed by atoms with Crippen LogP contribution in [0.3, 0.4) is 0 Å². The maximum atomic E-state index is 5.51. The molecule has 2 aliphatic rings. The Morgan fingerprint density at radius 3 is 2.54 bits per heavy atom. The van der Waals surface area contributed by atoms with E-state index in [-0.39, 0.29) is 0 Å². The molecular formula is C19H22BrN2O2+. The van der Waals surface area contributed by atoms with E-state index in [9.17, 15) is 0 Å². The zero-order chi connectivity index (χ0) is 16.5. The number of para-hydroxylation sites is 1. The van der Waals surface area contributed by atoms with Crippen LogP contribution in [0, 0.1) is 6.92 Å². The van der Waals surface area contributed by atoms with Gasteiger partial charge in [-0.25, -0.2) is 0 Å². The number of hydrogen-bond donors (Lipinski definition) is 1. The summed E-state index contributed by atoms with van der Waals surface area (Å²) in [4.78, 5) is 4.12. The van der Waals surface area contributed by atoms with Gasteiger partial charge in [0, 0.05) is 15.7 Å². The lowest BCUT2D eigenvalue weighted by Gasteiger charge is -2.34. The second kappa shape index (κ2) is 6.65. The van der Waals surface area contributed by atoms with Crippen molar-refractivity contribution >= 4 is 21.6 Å². The van der Waals surface area contributed by atoms with Crippen molar-refractivity contribution in [3.8, 4) is 11.5 Å². The van der Waals surface area contributed by atoms with E-state index >= 15 is 0 Å². The number of rotatable bonds is 3. The molecule has 1 N–H and O–H groups in total. The molecule has 0 atom stereocenters. The maximum absolute atomic E-state index is 5.51. The third-order valence-corrected chi connectivity index (χ3v) is 5.65. The van der Waals surface area contributed by atoms with Crippen LogP contribution in [0.15, 0.2) is 40.9 Å². The van der Waals surface area contributed by atoms with Crippen molar-refractivity contribution in [2.24, 2.45) is 0 Å². The molecule has 0 bridgehead atoms. The number of quaternary nitrogens is 1. The molecule has 5 heteroatoms. The molecule has 0 saturated carbocycles. The number of anilines is 1. The van der Waals surface area contributed by atoms with Gasteiger partial charge in [0.15, 0.2) is 11.5 Å². The van der Waals surface area contributed by atoms with Crippen LogP contribution in [-0.2, 0) is 6.54 Å². The van der Waals surface area contributed by atoms with E-state index in [1.165, 1.54) is 16.8 Å². The van der Waals surface area contributed by atoms with E-state index in [2.05, 4.69) is 58.1 Å². The lowest BCUT2D eigenvalue weighted by Crippen LogP contribution is -3.13. The van der Waals surface area contributed by atoms with E-state index < -0.39 is 0 Å². The van der Waals surface area contributed by atoms with E-state index in [1.807, 2.05) is 6.07 Å². The summed E-state index contributed by atoms with van der Waals surface area (Å²) in [7, 11) is 0. The maximum Gasteiger partial charge on any atom is 0.231 e. The first-order chi connectivity index (χ1) is 11.7. The Bertz CT molecular complexity index is 742. The molecule has 2 aromatic carbocycles. The van der Waals surface area contributed by atoms with Crippen molar-refractivity contribution in [1.29, 1.82) is 0 Å². The van der Waals surface area contributed by atoms with Crippen molar-refractivity contribution in [3.05, 3.63) is 52.0 Å². The number of ether oxygens (including phenoxy) is 2. The second-order valence-corrected chi connectivity index (χ2v) is 7.35. The Balaban J connectivity index is 1.41. The lowest BCUT2D eigenvalue weighted by atomic mass is 10.1. The molecule has 2 aliphatic heterocycles. The normalized spacial score (nSPS) is 17.3. The Kier molecular flexibility index (Phi) is 4.37. The SMILES string of the molecule is Cc1ccccc1N1CC[NH+](Cc2cc3c(cc2Br)OCO3)CC1. The van der Waals surface area contributed by atoms with Gasteiger partial charge in [0.2, 0.25) is 6.79 Å². The van der Waals surface area contributed by atoms with E-state index in [1.54, 1.807) is 4.90 Å². The van der Waals surface area contributed by atoms with Gasteiger partial charge < -0.3 is 19.3 Å². The van der Waals surface area contributed by atoms with Gasteiger partial charge in [-0.2, -0.15) is 0 Å². The highest BCUT2D eigenvalue weighted by Gasteiger charge is 2.23. The highest BCUT2D eigenvalue weighted by Crippen LogP contribution is 2.36. The molecule has 0 aliphatic carbocycles. The second-order valence-electron chi connectivity index (χ2n) is 6.50. The summed E-state index contributed by atoms with van der Waals surface area (Å²) >= 11 is 3.68. The number of hydrogen-bond acceptors (Lipinski definition) is 3. The Hall–Kier alpha value is -1.72. The summed E-state index contributed by atoms with van der Waals surface area (Å²) in [6.07, 6.45) is 0. The molecule has 4 rings (SSSR count). The van der Waals surface area contributed by atoms with Crippen molar-refractivity contribution in [2.75, 3.05) is 37.9 Å². The summed E-state index contributed by atoms with van der Waals surface area (Å²) in [5.74, 6) is 1.70. The first kappa shape index (κ1) is 15.8. The fourth-order valence-electron chi connectivity index (χ4n) is 3.52. The number of fused-ring (bicyclic) bond motifs is 1. The van der Waals surface area contributed by atoms with Gasteiger partial charge in [0.05, 0.1) is 26.2 Å². The molecule has 2 heterocycles. The summed E-state index contributed by atoms with van der Waals surface area (Å²) in [5.41, 5.74) is 4.03. The zero-order valence-corrected chi connectivity index (χ0v) is 15.4. The molecule has 0 unspecified atom stereocenters. The average molecular weight is 390 g/mol. The molecule has 24 heavy (non-hydrogen) atoms. The van der Waals surface area contributed by atoms with Crippen LogP contribution < -0.4 is 19.3 Å². The van der Waals surface area contributed by atoms with Gasteiger partial charge in [0.25, 0.3) is 0 Å². The standard InChI is InChI=1S/C19H21BrN2O2/c1-14-4-2-3-5-17(14)22-8-6-21(7-9-22)12-15-10-18-19(11-16(15)20)24-13-23-18/h2-5,10-11H,6-9,12-13H2,1H3/p+1. The highest BCUT2D eigenvalue weighted by atomic mass is 79.9. The van der Waals surface area contributed by atoms with Gasteiger partial charge in [-0.3, -0.25) is 0 Å². The molecule has 2 aromatic rings. The fourth-order valence-corrected chi connectivity index (χ4v) is 3.99. The molecule has 0 aromatic heterocycles. The van der Waals surface area contributed by atoms with E-state index in [4.69, 9.17) is 9.47 Å². The van der Waals surface area contributed by atoms with E-state index in [0.717, 1.165) is 48.7 Å². The Labute approximate surface area is 151 Å². The number of halogens is 1. The number of benzene rings is 2. The molecule has 0 amide bonds. The summed E-state index contributed by atoms with van der Waals surface area (Å²) < 4.78 is 12.1. The van der Waals surface area contributed by atoms with Crippen molar-refractivity contribution < 1.29 is 14.4 Å². The van der Waals surface area contributed by atoms with Gasteiger partial charge in [-0.1, -0.05) is 34.1 Å². The number of aryl methyl sites for hydroxylation is 1. The van der Waals surface area contributed by atoms with Gasteiger partial charge in [-0.05, 0) is 30.7 Å². The van der Waals surface area contributed by atoms with Crippen LogP contribution in [-0.4, -0.2) is 33.0 Å². The van der Waals surface area contributed by atoms with Crippen molar-refractivity contribution in [1.82, 2.24) is 0 Å². The van der Waals surface area contributed by atoms with Crippen LogP contribution in [0.2, 0.25) is 0 Å². The largest absolute Gasteiger partial charge is 0.454 e. The third-order valence-electron chi connectivity index (χ3n) is 4.91. The number of piperazine rings is 1. The molecule has 1 saturated heterocycles. The zero-order valence-electron chi connectivity index (χ0n) is 13.8. The van der Waals surface area contributed by atoms with Crippen LogP contribution in [0.4, 0.5) is 5.69 Å². The lowest BCUT2D eigenvalue weighted by molar-refractivity contribution is -0.914. The molecule has 4 nitrogen and oxygen atoms in total. The van der Waals surface area contributed by atoms with Crippen molar-refractivity contribution in [3.63, 3.8) is 0 Å². The average Bonchev–Trinajstić information content (AvgIpc) is 3.03. The smallest absolute Gasteiger partial charge is 0.231 e. The third kappa shape index (κ3) is 3.10. The predicted molar refractivity (Wildman–Crippen MR) is 98.1 cm³/mol. The van der Waals surface area contributed by atoms with Crippen LogP contribution >= 0.6 is 15.9 Å². The molecular weight excluding hydrogens is 368 g/mol. The fraction of sp³-hybridized carbons (Fsp3) is 0.368. The predicted octanol–water partition coefficient (Wildman–Crippen LogP) is 2.39. The Morgan fingerprint density at radius 2 is 1.79 bits per heavy atom. The summed E-state index contributed by atoms with van der Waals surface area (Å²) in [6, 6.07) is 12.8. The van der Waals surface area contributed by atoms with Gasteiger partial charge in [0.1, 0.15) is 6.54 Å². The summed E-state index contributed by atoms with van der Waals surface area (Å²) in [5, 5.41) is 0. The first-order valence-corrected chi connectivity index (χ1v) is 9.22. The topological polar surface area (TPSA) is 26.1 Å². The van der Waals surface area contributed by atoms with Crippen LogP contribution in [0.1, 0.15) is 11.1 Å². The molecule has 0 radical (unpaired) electrons. The van der Waals surface area contributed by atoms with Crippen LogP contribution in [0.25, 0.3) is 0 Å². The van der Waals surface area contributed by atoms with Gasteiger partial charge in [-0.15, -0.1) is 0 Å². The van der Waals surface area contributed by atoms with Crippen LogP contribution in [0.5, 0.6) is 11.5 Å². The molecule has 126 valence electrons. The minimum Gasteiger partial charge on any atom is -0.454 e. The molecule has 1 fully saturated rings. The Morgan fingerprint density at radius 1 is 1.08 bits per heavy atom. The molecule has 0 spiro atoms. The first-order valence-electron chi connectivity index (χ1n) is 8.43. The monoisotopic (exact) mass is 389 g/mol. The highest BCUT2D eigenvalue weighted by molar-refractivity contribution is 9.10. The minimum atomic E-state index is 0.327. The van der Waals surface area contributed by atoms with Crippen molar-refractivity contribution in [2.45, 2.75) is 13.5 Å². The quantitative estimate of drug-likeness (QED) is 0.872. The van der Waals surface area contributed by atoms with E-state index in [0.29, 0.717) is 6.79 Å².